The van der Waals surface area contributed by atoms with Crippen molar-refractivity contribution in [1.29, 1.82) is 0 Å². The largest absolute Gasteiger partial charge is 0.324 e. The molecule has 0 aliphatic carbocycles. The molecule has 0 fully saturated rings. The van der Waals surface area contributed by atoms with Crippen molar-refractivity contribution in [2.24, 2.45) is 0 Å². The number of fused-ring (bicyclic) bond motifs is 1. The first-order valence-corrected chi connectivity index (χ1v) is 10.5. The summed E-state index contributed by atoms with van der Waals surface area (Å²) in [5, 5.41) is 8.21. The molecule has 0 unspecified atom stereocenters. The number of hydrogen-bond donors (Lipinski definition) is 1. The van der Waals surface area contributed by atoms with Crippen LogP contribution in [0.5, 0.6) is 0 Å². The number of amides is 1. The first-order valence-electron chi connectivity index (χ1n) is 8.87. The highest BCUT2D eigenvalue weighted by molar-refractivity contribution is 9.10. The number of nitrogens with one attached hydrogen (secondary N) is 1. The average Bonchev–Trinajstić information content (AvgIpc) is 2.73. The molecular weight excluding hydrogens is 450 g/mol. The summed E-state index contributed by atoms with van der Waals surface area (Å²) in [7, 11) is 0. The summed E-state index contributed by atoms with van der Waals surface area (Å²) in [5.74, 6) is -0.303. The van der Waals surface area contributed by atoms with Crippen LogP contribution in [0.1, 0.15) is 0 Å². The molecule has 0 radical (unpaired) electrons. The third-order valence-corrected chi connectivity index (χ3v) is 5.79. The number of nitrogens with zero attached hydrogens (tertiary/aromatic N) is 2. The highest BCUT2D eigenvalue weighted by Crippen LogP contribution is 2.29. The number of halogens is 1. The van der Waals surface area contributed by atoms with Gasteiger partial charge in [0.05, 0.1) is 11.6 Å². The third kappa shape index (κ3) is 4.75. The SMILES string of the molecule is O=C(Cn1ncc2ccccc2c1=O)Nc1ccc(Sc2ccc(Br)cc2)cc1. The summed E-state index contributed by atoms with van der Waals surface area (Å²) >= 11 is 5.07. The highest BCUT2D eigenvalue weighted by atomic mass is 79.9. The highest BCUT2D eigenvalue weighted by Gasteiger charge is 2.09. The molecule has 3 aromatic carbocycles. The molecular formula is C22H16BrN3O2S. The number of carbonyl (C=O) groups is 1. The van der Waals surface area contributed by atoms with Gasteiger partial charge in [0.25, 0.3) is 5.56 Å². The van der Waals surface area contributed by atoms with E-state index < -0.39 is 0 Å². The standard InChI is InChI=1S/C22H16BrN3O2S/c23-16-5-9-18(10-6-16)29-19-11-7-17(8-12-19)25-21(27)14-26-22(28)20-4-2-1-3-15(20)13-24-26/h1-13H,14H2,(H,25,27). The van der Waals surface area contributed by atoms with Gasteiger partial charge in [0, 0.05) is 25.3 Å². The number of carbonyl (C=O) groups excluding carboxylic acids is 1. The summed E-state index contributed by atoms with van der Waals surface area (Å²) in [6.07, 6.45) is 1.60. The molecule has 0 saturated carbocycles. The summed E-state index contributed by atoms with van der Waals surface area (Å²) in [4.78, 5) is 27.0. The van der Waals surface area contributed by atoms with E-state index in [4.69, 9.17) is 0 Å². The minimum atomic E-state index is -0.303. The predicted molar refractivity (Wildman–Crippen MR) is 119 cm³/mol. The molecule has 0 saturated heterocycles. The Hall–Kier alpha value is -2.90. The van der Waals surface area contributed by atoms with Gasteiger partial charge in [0.2, 0.25) is 5.91 Å². The molecule has 0 atom stereocenters. The normalized spacial score (nSPS) is 10.8. The van der Waals surface area contributed by atoms with Gasteiger partial charge >= 0.3 is 0 Å². The Morgan fingerprint density at radius 2 is 1.62 bits per heavy atom. The Morgan fingerprint density at radius 3 is 2.34 bits per heavy atom. The molecule has 29 heavy (non-hydrogen) atoms. The topological polar surface area (TPSA) is 64.0 Å². The maximum absolute atomic E-state index is 12.5. The van der Waals surface area contributed by atoms with E-state index in [0.717, 1.165) is 19.6 Å². The Morgan fingerprint density at radius 1 is 0.966 bits per heavy atom. The van der Waals surface area contributed by atoms with E-state index in [1.807, 2.05) is 60.7 Å². The van der Waals surface area contributed by atoms with Crippen molar-refractivity contribution >= 4 is 50.1 Å². The molecule has 1 heterocycles. The van der Waals surface area contributed by atoms with E-state index >= 15 is 0 Å². The van der Waals surface area contributed by atoms with E-state index in [-0.39, 0.29) is 18.0 Å². The van der Waals surface area contributed by atoms with E-state index in [2.05, 4.69) is 26.3 Å². The maximum atomic E-state index is 12.5. The van der Waals surface area contributed by atoms with Crippen LogP contribution in [0.4, 0.5) is 5.69 Å². The average molecular weight is 466 g/mol. The smallest absolute Gasteiger partial charge is 0.275 e. The van der Waals surface area contributed by atoms with E-state index in [1.165, 1.54) is 4.68 Å². The van der Waals surface area contributed by atoms with Crippen molar-refractivity contribution in [3.8, 4) is 0 Å². The number of benzene rings is 3. The molecule has 0 aliphatic heterocycles. The van der Waals surface area contributed by atoms with Gasteiger partial charge in [-0.15, -0.1) is 0 Å². The molecule has 0 spiro atoms. The lowest BCUT2D eigenvalue weighted by Crippen LogP contribution is -2.29. The van der Waals surface area contributed by atoms with E-state index in [1.54, 1.807) is 30.1 Å². The van der Waals surface area contributed by atoms with Crippen molar-refractivity contribution in [3.05, 3.63) is 93.8 Å². The molecule has 0 aliphatic rings. The minimum Gasteiger partial charge on any atom is -0.324 e. The molecule has 1 aromatic heterocycles. The lowest BCUT2D eigenvalue weighted by molar-refractivity contribution is -0.117. The van der Waals surface area contributed by atoms with Gasteiger partial charge in [-0.25, -0.2) is 4.68 Å². The molecule has 144 valence electrons. The Bertz CT molecular complexity index is 1220. The Balaban J connectivity index is 1.41. The summed E-state index contributed by atoms with van der Waals surface area (Å²) in [5.41, 5.74) is 0.392. The van der Waals surface area contributed by atoms with Crippen molar-refractivity contribution in [2.75, 3.05) is 5.32 Å². The Labute approximate surface area is 179 Å². The van der Waals surface area contributed by atoms with Crippen LogP contribution in [0.25, 0.3) is 10.8 Å². The second kappa shape index (κ2) is 8.63. The zero-order chi connectivity index (χ0) is 20.2. The Kier molecular flexibility index (Phi) is 5.78. The van der Waals surface area contributed by atoms with Gasteiger partial charge < -0.3 is 5.32 Å². The number of hydrogen-bond acceptors (Lipinski definition) is 4. The van der Waals surface area contributed by atoms with Crippen molar-refractivity contribution in [1.82, 2.24) is 9.78 Å². The predicted octanol–water partition coefficient (Wildman–Crippen LogP) is 4.95. The zero-order valence-electron chi connectivity index (χ0n) is 15.2. The monoisotopic (exact) mass is 465 g/mol. The van der Waals surface area contributed by atoms with E-state index in [0.29, 0.717) is 11.1 Å². The number of aromatic nitrogens is 2. The van der Waals surface area contributed by atoms with Crippen LogP contribution in [0, 0.1) is 0 Å². The van der Waals surface area contributed by atoms with Crippen LogP contribution < -0.4 is 10.9 Å². The van der Waals surface area contributed by atoms with Crippen molar-refractivity contribution in [2.45, 2.75) is 16.3 Å². The van der Waals surface area contributed by atoms with Gasteiger partial charge in [-0.2, -0.15) is 5.10 Å². The fourth-order valence-electron chi connectivity index (χ4n) is 2.82. The fraction of sp³-hybridized carbons (Fsp3) is 0.0455. The summed E-state index contributed by atoms with van der Waals surface area (Å²) in [6, 6.07) is 22.9. The van der Waals surface area contributed by atoms with Crippen LogP contribution in [0.3, 0.4) is 0 Å². The fourth-order valence-corrected chi connectivity index (χ4v) is 3.90. The van der Waals surface area contributed by atoms with Gasteiger partial charge in [0.1, 0.15) is 6.54 Å². The lowest BCUT2D eigenvalue weighted by atomic mass is 10.2. The first kappa shape index (κ1) is 19.4. The van der Waals surface area contributed by atoms with Gasteiger partial charge in [-0.1, -0.05) is 45.9 Å². The van der Waals surface area contributed by atoms with Crippen LogP contribution >= 0.6 is 27.7 Å². The molecule has 7 heteroatoms. The second-order valence-electron chi connectivity index (χ2n) is 6.32. The quantitative estimate of drug-likeness (QED) is 0.452. The van der Waals surface area contributed by atoms with Crippen LogP contribution in [0.2, 0.25) is 0 Å². The molecule has 4 rings (SSSR count). The van der Waals surface area contributed by atoms with Crippen LogP contribution in [-0.4, -0.2) is 15.7 Å². The third-order valence-electron chi connectivity index (χ3n) is 4.24. The lowest BCUT2D eigenvalue weighted by Gasteiger charge is -2.08. The van der Waals surface area contributed by atoms with E-state index in [9.17, 15) is 9.59 Å². The van der Waals surface area contributed by atoms with Crippen LogP contribution in [0.15, 0.2) is 98.1 Å². The minimum absolute atomic E-state index is 0.140. The van der Waals surface area contributed by atoms with Crippen molar-refractivity contribution < 1.29 is 4.79 Å². The first-order chi connectivity index (χ1) is 14.1. The summed E-state index contributed by atoms with van der Waals surface area (Å²) < 4.78 is 2.22. The number of rotatable bonds is 5. The molecule has 1 amide bonds. The number of anilines is 1. The van der Waals surface area contributed by atoms with Gasteiger partial charge in [0.15, 0.2) is 0 Å². The maximum Gasteiger partial charge on any atom is 0.275 e. The molecule has 0 bridgehead atoms. The van der Waals surface area contributed by atoms with Gasteiger partial charge in [-0.05, 0) is 54.6 Å². The zero-order valence-corrected chi connectivity index (χ0v) is 17.6. The van der Waals surface area contributed by atoms with Gasteiger partial charge in [-0.3, -0.25) is 9.59 Å². The van der Waals surface area contributed by atoms with Crippen LogP contribution in [-0.2, 0) is 11.3 Å². The second-order valence-corrected chi connectivity index (χ2v) is 8.39. The van der Waals surface area contributed by atoms with Crippen molar-refractivity contribution in [3.63, 3.8) is 0 Å². The molecule has 4 aromatic rings. The molecule has 1 N–H and O–H groups in total. The molecule has 5 nitrogen and oxygen atoms in total. The summed E-state index contributed by atoms with van der Waals surface area (Å²) in [6.45, 7) is -0.140.